The van der Waals surface area contributed by atoms with Crippen LogP contribution in [0, 0.1) is 14.9 Å². The van der Waals surface area contributed by atoms with Crippen molar-refractivity contribution < 1.29 is 9.53 Å². The van der Waals surface area contributed by atoms with Gasteiger partial charge in [-0.25, -0.2) is 4.79 Å². The first-order valence-electron chi connectivity index (χ1n) is 4.16. The van der Waals surface area contributed by atoms with E-state index in [0.717, 1.165) is 3.57 Å². The van der Waals surface area contributed by atoms with Crippen molar-refractivity contribution in [2.75, 3.05) is 6.61 Å². The lowest BCUT2D eigenvalue weighted by atomic mass is 10.1. The lowest BCUT2D eigenvalue weighted by Gasteiger charge is -2.05. The summed E-state index contributed by atoms with van der Waals surface area (Å²) in [6.07, 6.45) is 0. The minimum atomic E-state index is -0.383. The van der Waals surface area contributed by atoms with Gasteiger partial charge in [0.05, 0.1) is 17.7 Å². The van der Waals surface area contributed by atoms with Crippen LogP contribution in [0.3, 0.4) is 0 Å². The highest BCUT2D eigenvalue weighted by Crippen LogP contribution is 2.23. The van der Waals surface area contributed by atoms with Crippen molar-refractivity contribution in [2.45, 2.75) is 6.92 Å². The lowest BCUT2D eigenvalue weighted by Crippen LogP contribution is -2.06. The Morgan fingerprint density at radius 3 is 2.87 bits per heavy atom. The molecule has 0 saturated heterocycles. The lowest BCUT2D eigenvalue weighted by molar-refractivity contribution is 0.0525. The van der Waals surface area contributed by atoms with Crippen molar-refractivity contribution >= 4 is 44.5 Å². The van der Waals surface area contributed by atoms with E-state index >= 15 is 0 Å². The van der Waals surface area contributed by atoms with Crippen LogP contribution in [0.4, 0.5) is 0 Å². The number of carbonyl (C=O) groups is 1. The van der Waals surface area contributed by atoms with Gasteiger partial charge >= 0.3 is 5.97 Å². The normalized spacial score (nSPS) is 9.47. The van der Waals surface area contributed by atoms with Crippen molar-refractivity contribution in [3.8, 4) is 6.07 Å². The average Bonchev–Trinajstić information content (AvgIpc) is 2.21. The summed E-state index contributed by atoms with van der Waals surface area (Å²) in [5, 5.41) is 8.78. The van der Waals surface area contributed by atoms with Crippen molar-refractivity contribution in [1.82, 2.24) is 0 Å². The summed E-state index contributed by atoms with van der Waals surface area (Å²) in [7, 11) is 0. The van der Waals surface area contributed by atoms with Crippen LogP contribution in [0.25, 0.3) is 0 Å². The highest BCUT2D eigenvalue weighted by Gasteiger charge is 2.13. The molecular weight excluding hydrogens is 373 g/mol. The quantitative estimate of drug-likeness (QED) is 0.586. The fourth-order valence-electron chi connectivity index (χ4n) is 0.998. The maximum absolute atomic E-state index is 11.5. The van der Waals surface area contributed by atoms with Crippen LogP contribution < -0.4 is 0 Å². The molecule has 5 heteroatoms. The van der Waals surface area contributed by atoms with Crippen LogP contribution in [0.2, 0.25) is 0 Å². The fraction of sp³-hybridized carbons (Fsp3) is 0.200. The van der Waals surface area contributed by atoms with Gasteiger partial charge < -0.3 is 4.74 Å². The molecule has 3 nitrogen and oxygen atoms in total. The number of hydrogen-bond acceptors (Lipinski definition) is 3. The first kappa shape index (κ1) is 12.5. The minimum Gasteiger partial charge on any atom is -0.462 e. The summed E-state index contributed by atoms with van der Waals surface area (Å²) < 4.78 is 6.20. The van der Waals surface area contributed by atoms with Crippen molar-refractivity contribution in [3.05, 3.63) is 31.3 Å². The number of rotatable bonds is 2. The number of nitrogens with zero attached hydrogens (tertiary/aromatic N) is 1. The van der Waals surface area contributed by atoms with Crippen LogP contribution in [0.1, 0.15) is 22.8 Å². The van der Waals surface area contributed by atoms with Crippen molar-refractivity contribution in [3.63, 3.8) is 0 Å². The average molecular weight is 380 g/mol. The molecule has 0 fully saturated rings. The number of ether oxygens (including phenoxy) is 1. The number of nitriles is 1. The molecule has 0 N–H and O–H groups in total. The largest absolute Gasteiger partial charge is 0.462 e. The molecule has 0 unspecified atom stereocenters. The highest BCUT2D eigenvalue weighted by molar-refractivity contribution is 14.1. The van der Waals surface area contributed by atoms with Crippen LogP contribution in [0.5, 0.6) is 0 Å². The molecule has 0 aliphatic carbocycles. The van der Waals surface area contributed by atoms with Crippen molar-refractivity contribution in [1.29, 1.82) is 5.26 Å². The fourth-order valence-corrected chi connectivity index (χ4v) is 2.09. The van der Waals surface area contributed by atoms with Gasteiger partial charge in [-0.1, -0.05) is 0 Å². The molecule has 0 radical (unpaired) electrons. The Morgan fingerprint density at radius 1 is 1.67 bits per heavy atom. The molecule has 1 aromatic carbocycles. The molecule has 0 saturated carbocycles. The van der Waals surface area contributed by atoms with Gasteiger partial charge in [0.15, 0.2) is 0 Å². The van der Waals surface area contributed by atoms with Gasteiger partial charge in [-0.2, -0.15) is 5.26 Å². The zero-order valence-corrected chi connectivity index (χ0v) is 11.6. The molecule has 78 valence electrons. The highest BCUT2D eigenvalue weighted by atomic mass is 127. The summed E-state index contributed by atoms with van der Waals surface area (Å²) in [6, 6.07) is 5.30. The summed E-state index contributed by atoms with van der Waals surface area (Å²) in [5.74, 6) is -0.383. The molecule has 0 heterocycles. The second-order valence-electron chi connectivity index (χ2n) is 2.64. The minimum absolute atomic E-state index is 0.335. The number of esters is 1. The molecule has 1 rings (SSSR count). The van der Waals surface area contributed by atoms with Crippen LogP contribution in [0.15, 0.2) is 16.6 Å². The van der Waals surface area contributed by atoms with E-state index in [0.29, 0.717) is 22.2 Å². The molecule has 0 aromatic heterocycles. The predicted molar refractivity (Wildman–Crippen MR) is 67.5 cm³/mol. The summed E-state index contributed by atoms with van der Waals surface area (Å²) >= 11 is 5.25. The van der Waals surface area contributed by atoms with Gasteiger partial charge in [0.2, 0.25) is 0 Å². The third-order valence-electron chi connectivity index (χ3n) is 1.67. The third-order valence-corrected chi connectivity index (χ3v) is 3.22. The third kappa shape index (κ3) is 2.92. The van der Waals surface area contributed by atoms with E-state index in [1.807, 2.05) is 28.7 Å². The van der Waals surface area contributed by atoms with Gasteiger partial charge in [-0.05, 0) is 57.6 Å². The molecule has 15 heavy (non-hydrogen) atoms. The predicted octanol–water partition coefficient (Wildman–Crippen LogP) is 3.10. The number of benzene rings is 1. The van der Waals surface area contributed by atoms with E-state index in [-0.39, 0.29) is 5.97 Å². The zero-order chi connectivity index (χ0) is 11.4. The number of halogens is 2. The smallest absolute Gasteiger partial charge is 0.339 e. The van der Waals surface area contributed by atoms with E-state index in [1.165, 1.54) is 0 Å². The number of carbonyl (C=O) groups excluding carboxylic acids is 1. The topological polar surface area (TPSA) is 50.1 Å². The molecule has 0 amide bonds. The van der Waals surface area contributed by atoms with Crippen LogP contribution >= 0.6 is 38.5 Å². The summed E-state index contributed by atoms with van der Waals surface area (Å²) in [4.78, 5) is 11.5. The summed E-state index contributed by atoms with van der Waals surface area (Å²) in [5.41, 5.74) is 0.982. The van der Waals surface area contributed by atoms with E-state index < -0.39 is 0 Å². The van der Waals surface area contributed by atoms with Gasteiger partial charge in [0, 0.05) is 8.04 Å². The van der Waals surface area contributed by atoms with Crippen molar-refractivity contribution in [2.24, 2.45) is 0 Å². The van der Waals surface area contributed by atoms with Gasteiger partial charge in [-0.3, -0.25) is 0 Å². The first-order chi connectivity index (χ1) is 7.10. The summed E-state index contributed by atoms with van der Waals surface area (Å²) in [6.45, 7) is 2.09. The maximum Gasteiger partial charge on any atom is 0.339 e. The Labute approximate surface area is 110 Å². The van der Waals surface area contributed by atoms with Gasteiger partial charge in [0.25, 0.3) is 0 Å². The Hall–Kier alpha value is -0.610. The Morgan fingerprint density at radius 2 is 2.33 bits per heavy atom. The van der Waals surface area contributed by atoms with Crippen LogP contribution in [-0.2, 0) is 4.74 Å². The second-order valence-corrected chi connectivity index (χ2v) is 4.66. The second kappa shape index (κ2) is 5.47. The monoisotopic (exact) mass is 379 g/mol. The molecule has 0 aliphatic heterocycles. The SMILES string of the molecule is CCOC(=O)c1cc(I)c(C#N)cc1Br. The first-order valence-corrected chi connectivity index (χ1v) is 6.03. The van der Waals surface area contributed by atoms with Crippen LogP contribution in [-0.4, -0.2) is 12.6 Å². The van der Waals surface area contributed by atoms with E-state index in [2.05, 4.69) is 15.9 Å². The number of hydrogen-bond donors (Lipinski definition) is 0. The molecule has 0 aliphatic rings. The van der Waals surface area contributed by atoms with E-state index in [4.69, 9.17) is 10.00 Å². The maximum atomic E-state index is 11.5. The van der Waals surface area contributed by atoms with Gasteiger partial charge in [-0.15, -0.1) is 0 Å². The Kier molecular flexibility index (Phi) is 4.54. The van der Waals surface area contributed by atoms with E-state index in [1.54, 1.807) is 19.1 Å². The molecule has 1 aromatic rings. The molecule has 0 bridgehead atoms. The molecular formula is C10H7BrINO2. The zero-order valence-electron chi connectivity index (χ0n) is 7.88. The van der Waals surface area contributed by atoms with E-state index in [9.17, 15) is 4.79 Å². The molecule has 0 spiro atoms. The Balaban J connectivity index is 3.17. The molecule has 0 atom stereocenters. The van der Waals surface area contributed by atoms with Gasteiger partial charge in [0.1, 0.15) is 6.07 Å². The standard InChI is InChI=1S/C10H7BrINO2/c1-2-15-10(14)7-4-9(12)6(5-13)3-8(7)11/h3-4H,2H2,1H3. The Bertz CT molecular complexity index is 440.